The zero-order valence-corrected chi connectivity index (χ0v) is 17.5. The highest BCUT2D eigenvalue weighted by molar-refractivity contribution is 6.39. The lowest BCUT2D eigenvalue weighted by atomic mass is 10.1. The third-order valence-electron chi connectivity index (χ3n) is 4.20. The first kappa shape index (κ1) is 21.5. The number of hydrogen-bond acceptors (Lipinski definition) is 2. The lowest BCUT2D eigenvalue weighted by Crippen LogP contribution is -2.39. The summed E-state index contributed by atoms with van der Waals surface area (Å²) in [5.41, 5.74) is 1.97. The Morgan fingerprint density at radius 1 is 1.04 bits per heavy atom. The standard InChI is InChI=1S/C20H21Cl3N2O2/c1-3-25(17(26)12-14-7-4-6-13(2)19(14)23)11-10-24-20(27)18-15(21)8-5-9-16(18)22/h4-9H,3,10-12H2,1-2H3,(H,24,27). The summed E-state index contributed by atoms with van der Waals surface area (Å²) in [6.07, 6.45) is 0.221. The average Bonchev–Trinajstić information content (AvgIpc) is 2.62. The molecule has 0 unspecified atom stereocenters. The van der Waals surface area contributed by atoms with Crippen molar-refractivity contribution in [1.82, 2.24) is 10.2 Å². The highest BCUT2D eigenvalue weighted by Crippen LogP contribution is 2.24. The summed E-state index contributed by atoms with van der Waals surface area (Å²) in [6.45, 7) is 5.00. The Bertz CT molecular complexity index is 820. The predicted molar refractivity (Wildman–Crippen MR) is 111 cm³/mol. The Morgan fingerprint density at radius 3 is 2.30 bits per heavy atom. The van der Waals surface area contributed by atoms with Gasteiger partial charge < -0.3 is 10.2 Å². The van der Waals surface area contributed by atoms with E-state index in [0.29, 0.717) is 24.7 Å². The molecule has 0 aliphatic rings. The first-order valence-corrected chi connectivity index (χ1v) is 9.72. The Kier molecular flexibility index (Phi) is 7.96. The Morgan fingerprint density at radius 2 is 1.67 bits per heavy atom. The van der Waals surface area contributed by atoms with Crippen LogP contribution >= 0.6 is 34.8 Å². The molecule has 0 aliphatic heterocycles. The van der Waals surface area contributed by atoms with Gasteiger partial charge in [-0.2, -0.15) is 0 Å². The van der Waals surface area contributed by atoms with Crippen molar-refractivity contribution in [3.63, 3.8) is 0 Å². The molecule has 27 heavy (non-hydrogen) atoms. The van der Waals surface area contributed by atoms with Gasteiger partial charge in [-0.3, -0.25) is 9.59 Å². The lowest BCUT2D eigenvalue weighted by Gasteiger charge is -2.22. The summed E-state index contributed by atoms with van der Waals surface area (Å²) < 4.78 is 0. The van der Waals surface area contributed by atoms with Gasteiger partial charge in [-0.25, -0.2) is 0 Å². The van der Waals surface area contributed by atoms with E-state index in [1.807, 2.05) is 32.0 Å². The van der Waals surface area contributed by atoms with Crippen molar-refractivity contribution in [3.05, 3.63) is 68.2 Å². The molecule has 0 heterocycles. The van der Waals surface area contributed by atoms with Crippen molar-refractivity contribution < 1.29 is 9.59 Å². The maximum Gasteiger partial charge on any atom is 0.254 e. The van der Waals surface area contributed by atoms with E-state index < -0.39 is 0 Å². The summed E-state index contributed by atoms with van der Waals surface area (Å²) in [5, 5.41) is 3.95. The fourth-order valence-electron chi connectivity index (χ4n) is 2.69. The topological polar surface area (TPSA) is 49.4 Å². The number of nitrogens with zero attached hydrogens (tertiary/aromatic N) is 1. The molecule has 0 saturated heterocycles. The summed E-state index contributed by atoms with van der Waals surface area (Å²) >= 11 is 18.4. The molecule has 0 atom stereocenters. The van der Waals surface area contributed by atoms with Gasteiger partial charge in [-0.1, -0.05) is 59.1 Å². The summed E-state index contributed by atoms with van der Waals surface area (Å²) in [7, 11) is 0. The number of nitrogens with one attached hydrogen (secondary N) is 1. The van der Waals surface area contributed by atoms with Crippen molar-refractivity contribution in [2.45, 2.75) is 20.3 Å². The van der Waals surface area contributed by atoms with Crippen LogP contribution in [0.25, 0.3) is 0 Å². The molecular formula is C20H21Cl3N2O2. The number of carbonyl (C=O) groups excluding carboxylic acids is 2. The highest BCUT2D eigenvalue weighted by atomic mass is 35.5. The minimum absolute atomic E-state index is 0.0463. The van der Waals surface area contributed by atoms with Crippen LogP contribution in [0.4, 0.5) is 0 Å². The molecule has 2 amide bonds. The largest absolute Gasteiger partial charge is 0.350 e. The van der Waals surface area contributed by atoms with Crippen LogP contribution in [0.2, 0.25) is 15.1 Å². The maximum atomic E-state index is 12.6. The average molecular weight is 428 g/mol. The van der Waals surface area contributed by atoms with Gasteiger partial charge in [0.05, 0.1) is 22.0 Å². The van der Waals surface area contributed by atoms with Crippen molar-refractivity contribution >= 4 is 46.6 Å². The number of carbonyl (C=O) groups is 2. The van der Waals surface area contributed by atoms with Gasteiger partial charge in [0.15, 0.2) is 0 Å². The van der Waals surface area contributed by atoms with Crippen LogP contribution in [0, 0.1) is 6.92 Å². The quantitative estimate of drug-likeness (QED) is 0.691. The van der Waals surface area contributed by atoms with Gasteiger partial charge >= 0.3 is 0 Å². The number of likely N-dealkylation sites (N-methyl/N-ethyl adjacent to an activating group) is 1. The van der Waals surface area contributed by atoms with Gasteiger partial charge in [0.2, 0.25) is 5.91 Å². The number of rotatable bonds is 7. The van der Waals surface area contributed by atoms with Crippen molar-refractivity contribution in [2.24, 2.45) is 0 Å². The smallest absolute Gasteiger partial charge is 0.254 e. The van der Waals surface area contributed by atoms with Gasteiger partial charge in [0, 0.05) is 24.7 Å². The van der Waals surface area contributed by atoms with Gasteiger partial charge in [-0.05, 0) is 37.1 Å². The molecule has 0 saturated carbocycles. The number of hydrogen-bond donors (Lipinski definition) is 1. The molecule has 2 rings (SSSR count). The van der Waals surface area contributed by atoms with E-state index in [2.05, 4.69) is 5.32 Å². The second-order valence-electron chi connectivity index (χ2n) is 6.05. The number of halogens is 3. The van der Waals surface area contributed by atoms with Crippen LogP contribution in [0.5, 0.6) is 0 Å². The molecule has 144 valence electrons. The zero-order chi connectivity index (χ0) is 20.0. The second kappa shape index (κ2) is 9.98. The summed E-state index contributed by atoms with van der Waals surface area (Å²) in [4.78, 5) is 26.5. The summed E-state index contributed by atoms with van der Waals surface area (Å²) in [5.74, 6) is -0.411. The van der Waals surface area contributed by atoms with E-state index in [1.54, 1.807) is 23.1 Å². The predicted octanol–water partition coefficient (Wildman–Crippen LogP) is 4.78. The molecule has 0 aromatic heterocycles. The first-order valence-electron chi connectivity index (χ1n) is 8.59. The molecule has 7 heteroatoms. The number of aryl methyl sites for hydroxylation is 1. The fraction of sp³-hybridized carbons (Fsp3) is 0.300. The van der Waals surface area contributed by atoms with Gasteiger partial charge in [0.25, 0.3) is 5.91 Å². The Hall–Kier alpha value is -1.75. The van der Waals surface area contributed by atoms with E-state index in [-0.39, 0.29) is 33.8 Å². The van der Waals surface area contributed by atoms with Crippen molar-refractivity contribution in [3.8, 4) is 0 Å². The van der Waals surface area contributed by atoms with Crippen LogP contribution in [0.15, 0.2) is 36.4 Å². The van der Waals surface area contributed by atoms with Crippen molar-refractivity contribution in [1.29, 1.82) is 0 Å². The zero-order valence-electron chi connectivity index (χ0n) is 15.2. The monoisotopic (exact) mass is 426 g/mol. The normalized spacial score (nSPS) is 10.6. The van der Waals surface area contributed by atoms with Gasteiger partial charge in [-0.15, -0.1) is 0 Å². The number of benzene rings is 2. The number of amides is 2. The fourth-order valence-corrected chi connectivity index (χ4v) is 3.45. The summed E-state index contributed by atoms with van der Waals surface area (Å²) in [6, 6.07) is 10.5. The molecule has 0 aliphatic carbocycles. The molecule has 0 radical (unpaired) electrons. The van der Waals surface area contributed by atoms with E-state index in [0.717, 1.165) is 11.1 Å². The van der Waals surface area contributed by atoms with E-state index in [9.17, 15) is 9.59 Å². The van der Waals surface area contributed by atoms with Gasteiger partial charge in [0.1, 0.15) is 0 Å². The van der Waals surface area contributed by atoms with Crippen LogP contribution in [-0.2, 0) is 11.2 Å². The third-order valence-corrected chi connectivity index (χ3v) is 5.38. The minimum atomic E-state index is -0.365. The Labute approximate surface area is 174 Å². The second-order valence-corrected chi connectivity index (χ2v) is 7.24. The molecule has 0 bridgehead atoms. The van der Waals surface area contributed by atoms with Crippen LogP contribution in [0.1, 0.15) is 28.4 Å². The highest BCUT2D eigenvalue weighted by Gasteiger charge is 2.17. The van der Waals surface area contributed by atoms with Crippen LogP contribution in [-0.4, -0.2) is 36.3 Å². The van der Waals surface area contributed by atoms with Crippen molar-refractivity contribution in [2.75, 3.05) is 19.6 Å². The molecule has 1 N–H and O–H groups in total. The van der Waals surface area contributed by atoms with E-state index >= 15 is 0 Å². The lowest BCUT2D eigenvalue weighted by molar-refractivity contribution is -0.130. The first-order chi connectivity index (χ1) is 12.8. The minimum Gasteiger partial charge on any atom is -0.350 e. The SMILES string of the molecule is CCN(CCNC(=O)c1c(Cl)cccc1Cl)C(=O)Cc1cccc(C)c1Cl. The molecular weight excluding hydrogens is 407 g/mol. The van der Waals surface area contributed by atoms with Crippen LogP contribution < -0.4 is 5.32 Å². The van der Waals surface area contributed by atoms with E-state index in [4.69, 9.17) is 34.8 Å². The molecule has 4 nitrogen and oxygen atoms in total. The van der Waals surface area contributed by atoms with Crippen LogP contribution in [0.3, 0.4) is 0 Å². The molecule has 0 spiro atoms. The molecule has 2 aromatic rings. The maximum absolute atomic E-state index is 12.6. The molecule has 0 fully saturated rings. The third kappa shape index (κ3) is 5.61. The van der Waals surface area contributed by atoms with E-state index in [1.165, 1.54) is 0 Å². The Balaban J connectivity index is 1.94. The molecule has 2 aromatic carbocycles.